The largest absolute Gasteiger partial charge is 0.505 e. The third-order valence-electron chi connectivity index (χ3n) is 2.50. The van der Waals surface area contributed by atoms with Crippen LogP contribution in [0.15, 0.2) is 18.2 Å². The molecule has 100 valence electrons. The van der Waals surface area contributed by atoms with Crippen LogP contribution in [-0.4, -0.2) is 44.1 Å². The molecule has 6 nitrogen and oxygen atoms in total. The molecule has 0 aromatic heterocycles. The summed E-state index contributed by atoms with van der Waals surface area (Å²) in [5.41, 5.74) is 0.0665. The summed E-state index contributed by atoms with van der Waals surface area (Å²) in [5, 5.41) is 9.01. The number of morpholine rings is 1. The zero-order valence-corrected chi connectivity index (χ0v) is 10.3. The van der Waals surface area contributed by atoms with E-state index in [-0.39, 0.29) is 18.8 Å². The molecule has 0 bridgehead atoms. The second-order valence-electron chi connectivity index (χ2n) is 3.78. The normalized spacial score (nSPS) is 17.6. The van der Waals surface area contributed by atoms with Crippen molar-refractivity contribution in [2.45, 2.75) is 0 Å². The van der Waals surface area contributed by atoms with Crippen molar-refractivity contribution in [3.63, 3.8) is 0 Å². The van der Waals surface area contributed by atoms with Gasteiger partial charge >= 0.3 is 10.2 Å². The van der Waals surface area contributed by atoms with Gasteiger partial charge in [-0.25, -0.2) is 4.39 Å². The van der Waals surface area contributed by atoms with Crippen LogP contribution in [0.2, 0.25) is 0 Å². The molecule has 0 unspecified atom stereocenters. The highest BCUT2D eigenvalue weighted by Gasteiger charge is 2.24. The average molecular weight is 276 g/mol. The molecule has 2 N–H and O–H groups in total. The highest BCUT2D eigenvalue weighted by molar-refractivity contribution is 7.90. The van der Waals surface area contributed by atoms with Gasteiger partial charge in [0, 0.05) is 19.2 Å². The molecule has 1 aliphatic heterocycles. The second-order valence-corrected chi connectivity index (χ2v) is 5.46. The summed E-state index contributed by atoms with van der Waals surface area (Å²) in [7, 11) is -3.71. The maximum Gasteiger partial charge on any atom is 0.301 e. The molecule has 0 radical (unpaired) electrons. The Morgan fingerprint density at radius 2 is 2.00 bits per heavy atom. The monoisotopic (exact) mass is 276 g/mol. The molecular weight excluding hydrogens is 263 g/mol. The SMILES string of the molecule is O=S(=O)(Nc1ccc(O)c(F)c1)N1CCOCC1. The van der Waals surface area contributed by atoms with Crippen molar-refractivity contribution in [1.29, 1.82) is 0 Å². The molecule has 0 spiro atoms. The van der Waals surface area contributed by atoms with E-state index in [0.717, 1.165) is 12.1 Å². The van der Waals surface area contributed by atoms with Crippen LogP contribution >= 0.6 is 0 Å². The zero-order valence-electron chi connectivity index (χ0n) is 9.47. The molecule has 0 saturated carbocycles. The molecular formula is C10H13FN2O4S. The number of phenols is 1. The fraction of sp³-hybridized carbons (Fsp3) is 0.400. The van der Waals surface area contributed by atoms with Gasteiger partial charge in [-0.3, -0.25) is 4.72 Å². The van der Waals surface area contributed by atoms with E-state index in [4.69, 9.17) is 9.84 Å². The third kappa shape index (κ3) is 2.89. The molecule has 1 heterocycles. The minimum Gasteiger partial charge on any atom is -0.505 e. The van der Waals surface area contributed by atoms with Crippen molar-refractivity contribution in [1.82, 2.24) is 4.31 Å². The van der Waals surface area contributed by atoms with E-state index in [0.29, 0.717) is 13.2 Å². The van der Waals surface area contributed by atoms with Gasteiger partial charge in [-0.05, 0) is 12.1 Å². The maximum atomic E-state index is 13.1. The minimum absolute atomic E-state index is 0.0665. The molecule has 2 rings (SSSR count). The number of ether oxygens (including phenoxy) is 1. The highest BCUT2D eigenvalue weighted by Crippen LogP contribution is 2.21. The van der Waals surface area contributed by atoms with Crippen molar-refractivity contribution in [3.05, 3.63) is 24.0 Å². The van der Waals surface area contributed by atoms with E-state index in [1.165, 1.54) is 10.4 Å². The third-order valence-corrected chi connectivity index (χ3v) is 4.04. The van der Waals surface area contributed by atoms with Gasteiger partial charge in [0.1, 0.15) is 0 Å². The van der Waals surface area contributed by atoms with E-state index in [1.807, 2.05) is 0 Å². The van der Waals surface area contributed by atoms with Crippen molar-refractivity contribution in [2.75, 3.05) is 31.0 Å². The summed E-state index contributed by atoms with van der Waals surface area (Å²) in [6, 6.07) is 3.30. The van der Waals surface area contributed by atoms with Gasteiger partial charge in [-0.15, -0.1) is 0 Å². The summed E-state index contributed by atoms with van der Waals surface area (Å²) in [5.74, 6) is -1.40. The van der Waals surface area contributed by atoms with Crippen LogP contribution < -0.4 is 4.72 Å². The van der Waals surface area contributed by atoms with E-state index < -0.39 is 21.8 Å². The van der Waals surface area contributed by atoms with Crippen molar-refractivity contribution in [3.8, 4) is 5.75 Å². The molecule has 1 saturated heterocycles. The smallest absolute Gasteiger partial charge is 0.301 e. The minimum atomic E-state index is -3.71. The Hall–Kier alpha value is -1.38. The lowest BCUT2D eigenvalue weighted by Gasteiger charge is -2.26. The number of nitrogens with one attached hydrogen (secondary N) is 1. The van der Waals surface area contributed by atoms with Crippen LogP contribution in [0.5, 0.6) is 5.75 Å². The number of halogens is 1. The lowest BCUT2D eigenvalue weighted by atomic mass is 10.3. The Kier molecular flexibility index (Phi) is 3.69. The van der Waals surface area contributed by atoms with E-state index >= 15 is 0 Å². The molecule has 1 aromatic carbocycles. The van der Waals surface area contributed by atoms with Gasteiger partial charge in [0.15, 0.2) is 11.6 Å². The quantitative estimate of drug-likeness (QED) is 0.789. The number of hydrogen-bond donors (Lipinski definition) is 2. The summed E-state index contributed by atoms with van der Waals surface area (Å²) in [4.78, 5) is 0. The van der Waals surface area contributed by atoms with Crippen LogP contribution in [-0.2, 0) is 14.9 Å². The predicted octanol–water partition coefficient (Wildman–Crippen LogP) is 0.520. The number of nitrogens with zero attached hydrogens (tertiary/aromatic N) is 1. The molecule has 8 heteroatoms. The zero-order chi connectivity index (χ0) is 13.2. The van der Waals surface area contributed by atoms with Gasteiger partial charge in [0.2, 0.25) is 0 Å². The van der Waals surface area contributed by atoms with E-state index in [1.54, 1.807) is 0 Å². The summed E-state index contributed by atoms with van der Waals surface area (Å²) in [6.45, 7) is 1.20. The second kappa shape index (κ2) is 5.09. The average Bonchev–Trinajstić information content (AvgIpc) is 2.35. The van der Waals surface area contributed by atoms with E-state index in [2.05, 4.69) is 4.72 Å². The number of hydrogen-bond acceptors (Lipinski definition) is 4. The summed E-state index contributed by atoms with van der Waals surface area (Å²) >= 11 is 0. The van der Waals surface area contributed by atoms with Crippen LogP contribution in [0.1, 0.15) is 0 Å². The number of benzene rings is 1. The van der Waals surface area contributed by atoms with Gasteiger partial charge < -0.3 is 9.84 Å². The summed E-state index contributed by atoms with van der Waals surface area (Å²) in [6.07, 6.45) is 0. The lowest BCUT2D eigenvalue weighted by molar-refractivity contribution is 0.0733. The fourth-order valence-corrected chi connectivity index (χ4v) is 2.75. The van der Waals surface area contributed by atoms with Crippen molar-refractivity contribution < 1.29 is 22.7 Å². The Labute approximate surface area is 104 Å². The number of phenolic OH excluding ortho intramolecular Hbond substituents is 1. The molecule has 0 atom stereocenters. The Morgan fingerprint density at radius 1 is 1.33 bits per heavy atom. The maximum absolute atomic E-state index is 13.1. The van der Waals surface area contributed by atoms with Crippen LogP contribution in [0.3, 0.4) is 0 Å². The highest BCUT2D eigenvalue weighted by atomic mass is 32.2. The standard InChI is InChI=1S/C10H13FN2O4S/c11-9-7-8(1-2-10(9)14)12-18(15,16)13-3-5-17-6-4-13/h1-2,7,12,14H,3-6H2. The van der Waals surface area contributed by atoms with Gasteiger partial charge in [-0.1, -0.05) is 0 Å². The van der Waals surface area contributed by atoms with Crippen LogP contribution in [0.25, 0.3) is 0 Å². The molecule has 1 aliphatic rings. The number of aromatic hydroxyl groups is 1. The first-order chi connectivity index (χ1) is 8.49. The molecule has 18 heavy (non-hydrogen) atoms. The van der Waals surface area contributed by atoms with E-state index in [9.17, 15) is 12.8 Å². The lowest BCUT2D eigenvalue weighted by Crippen LogP contribution is -2.43. The Morgan fingerprint density at radius 3 is 2.61 bits per heavy atom. The summed E-state index contributed by atoms with van der Waals surface area (Å²) < 4.78 is 45.5. The number of rotatable bonds is 3. The first-order valence-corrected chi connectivity index (χ1v) is 6.77. The first kappa shape index (κ1) is 13.1. The number of anilines is 1. The Balaban J connectivity index is 2.13. The van der Waals surface area contributed by atoms with Gasteiger partial charge in [0.25, 0.3) is 0 Å². The fourth-order valence-electron chi connectivity index (χ4n) is 1.57. The predicted molar refractivity (Wildman–Crippen MR) is 63.0 cm³/mol. The van der Waals surface area contributed by atoms with Gasteiger partial charge in [-0.2, -0.15) is 12.7 Å². The molecule has 1 fully saturated rings. The molecule has 1 aromatic rings. The Bertz CT molecular complexity index is 529. The molecule has 0 aliphatic carbocycles. The van der Waals surface area contributed by atoms with Gasteiger partial charge in [0.05, 0.1) is 18.9 Å². The van der Waals surface area contributed by atoms with Crippen LogP contribution in [0, 0.1) is 5.82 Å². The van der Waals surface area contributed by atoms with Crippen molar-refractivity contribution in [2.24, 2.45) is 0 Å². The van der Waals surface area contributed by atoms with Crippen LogP contribution in [0.4, 0.5) is 10.1 Å². The van der Waals surface area contributed by atoms with Crippen molar-refractivity contribution >= 4 is 15.9 Å². The molecule has 0 amide bonds. The topological polar surface area (TPSA) is 78.9 Å². The first-order valence-electron chi connectivity index (χ1n) is 5.33.